The van der Waals surface area contributed by atoms with Crippen molar-refractivity contribution in [3.05, 3.63) is 64.5 Å². The maximum atomic E-state index is 14.2. The van der Waals surface area contributed by atoms with Gasteiger partial charge < -0.3 is 4.90 Å². The van der Waals surface area contributed by atoms with Gasteiger partial charge in [0.1, 0.15) is 5.82 Å². The van der Waals surface area contributed by atoms with E-state index in [1.165, 1.54) is 6.07 Å². The van der Waals surface area contributed by atoms with Crippen LogP contribution in [0.5, 0.6) is 0 Å². The second kappa shape index (κ2) is 5.32. The van der Waals surface area contributed by atoms with E-state index < -0.39 is 0 Å². The summed E-state index contributed by atoms with van der Waals surface area (Å²) in [6.45, 7) is 4.49. The molecule has 0 N–H and O–H groups in total. The van der Waals surface area contributed by atoms with Gasteiger partial charge in [-0.25, -0.2) is 4.39 Å². The zero-order valence-corrected chi connectivity index (χ0v) is 12.3. The van der Waals surface area contributed by atoms with Crippen LogP contribution in [0, 0.1) is 19.7 Å². The number of hydrogen-bond acceptors (Lipinski definition) is 1. The summed E-state index contributed by atoms with van der Waals surface area (Å²) < 4.78 is 14.2. The van der Waals surface area contributed by atoms with E-state index in [1.54, 1.807) is 11.0 Å². The summed E-state index contributed by atoms with van der Waals surface area (Å²) in [6, 6.07) is 10.8. The first-order chi connectivity index (χ1) is 10.1. The van der Waals surface area contributed by atoms with Gasteiger partial charge in [-0.3, -0.25) is 4.79 Å². The standard InChI is InChI=1S/C18H18FNO/c1-12-8-9-15(13(2)11-12)18(21)20-10-4-6-14-5-3-7-16(19)17(14)20/h3,5,7-9,11H,4,6,10H2,1-2H3. The number of carbonyl (C=O) groups is 1. The second-order valence-electron chi connectivity index (χ2n) is 5.63. The van der Waals surface area contributed by atoms with Gasteiger partial charge in [0.25, 0.3) is 5.91 Å². The molecule has 0 saturated carbocycles. The Hall–Kier alpha value is -2.16. The van der Waals surface area contributed by atoms with Crippen molar-refractivity contribution in [2.75, 3.05) is 11.4 Å². The molecule has 3 rings (SSSR count). The maximum absolute atomic E-state index is 14.2. The molecule has 0 radical (unpaired) electrons. The van der Waals surface area contributed by atoms with Crippen LogP contribution in [0.2, 0.25) is 0 Å². The van der Waals surface area contributed by atoms with E-state index in [0.29, 0.717) is 17.8 Å². The lowest BCUT2D eigenvalue weighted by Gasteiger charge is -2.30. The number of benzene rings is 2. The SMILES string of the molecule is Cc1ccc(C(=O)N2CCCc3cccc(F)c32)c(C)c1. The molecule has 0 spiro atoms. The van der Waals surface area contributed by atoms with Crippen LogP contribution in [-0.2, 0) is 6.42 Å². The number of rotatable bonds is 1. The Morgan fingerprint density at radius 2 is 2.00 bits per heavy atom. The van der Waals surface area contributed by atoms with E-state index in [9.17, 15) is 9.18 Å². The van der Waals surface area contributed by atoms with E-state index in [1.807, 2.05) is 38.1 Å². The zero-order chi connectivity index (χ0) is 15.0. The van der Waals surface area contributed by atoms with Crippen LogP contribution in [-0.4, -0.2) is 12.5 Å². The first kappa shape index (κ1) is 13.8. The van der Waals surface area contributed by atoms with E-state index in [4.69, 9.17) is 0 Å². The van der Waals surface area contributed by atoms with Crippen LogP contribution in [0.4, 0.5) is 10.1 Å². The monoisotopic (exact) mass is 283 g/mol. The largest absolute Gasteiger partial charge is 0.305 e. The normalized spacial score (nSPS) is 14.0. The fourth-order valence-corrected chi connectivity index (χ4v) is 3.01. The fourth-order valence-electron chi connectivity index (χ4n) is 3.01. The van der Waals surface area contributed by atoms with Gasteiger partial charge in [0.05, 0.1) is 5.69 Å². The lowest BCUT2D eigenvalue weighted by molar-refractivity contribution is 0.0983. The summed E-state index contributed by atoms with van der Waals surface area (Å²) >= 11 is 0. The molecule has 2 aromatic carbocycles. The Bertz CT molecular complexity index is 708. The van der Waals surface area contributed by atoms with Crippen molar-refractivity contribution in [2.45, 2.75) is 26.7 Å². The van der Waals surface area contributed by atoms with Crippen LogP contribution in [0.25, 0.3) is 0 Å². The minimum absolute atomic E-state index is 0.112. The number of hydrogen-bond donors (Lipinski definition) is 0. The number of aryl methyl sites for hydroxylation is 3. The molecule has 0 bridgehead atoms. The molecule has 0 fully saturated rings. The Labute approximate surface area is 124 Å². The molecule has 108 valence electrons. The molecule has 2 aromatic rings. The molecule has 0 atom stereocenters. The molecule has 1 aliphatic heterocycles. The molecule has 2 nitrogen and oxygen atoms in total. The van der Waals surface area contributed by atoms with Crippen LogP contribution < -0.4 is 4.90 Å². The first-order valence-corrected chi connectivity index (χ1v) is 7.24. The molecule has 0 saturated heterocycles. The lowest BCUT2D eigenvalue weighted by Crippen LogP contribution is -2.36. The van der Waals surface area contributed by atoms with Crippen molar-refractivity contribution in [3.63, 3.8) is 0 Å². The number of amides is 1. The highest BCUT2D eigenvalue weighted by molar-refractivity contribution is 6.07. The van der Waals surface area contributed by atoms with Crippen molar-refractivity contribution in [3.8, 4) is 0 Å². The summed E-state index contributed by atoms with van der Waals surface area (Å²) in [5, 5.41) is 0. The third-order valence-corrected chi connectivity index (χ3v) is 4.03. The molecular formula is C18H18FNO. The van der Waals surface area contributed by atoms with Crippen LogP contribution in [0.1, 0.15) is 33.5 Å². The van der Waals surface area contributed by atoms with Gasteiger partial charge in [-0.2, -0.15) is 0 Å². The van der Waals surface area contributed by atoms with E-state index in [-0.39, 0.29) is 11.7 Å². The average Bonchev–Trinajstić information content (AvgIpc) is 2.46. The second-order valence-corrected chi connectivity index (χ2v) is 5.63. The Kier molecular flexibility index (Phi) is 3.50. The highest BCUT2D eigenvalue weighted by Gasteiger charge is 2.27. The van der Waals surface area contributed by atoms with Gasteiger partial charge in [-0.1, -0.05) is 29.8 Å². The van der Waals surface area contributed by atoms with Gasteiger partial charge in [0.2, 0.25) is 0 Å². The minimum atomic E-state index is -0.315. The Morgan fingerprint density at radius 1 is 1.19 bits per heavy atom. The summed E-state index contributed by atoms with van der Waals surface area (Å²) in [6.07, 6.45) is 1.69. The van der Waals surface area contributed by atoms with Gasteiger partial charge in [-0.05, 0) is 49.9 Å². The summed E-state index contributed by atoms with van der Waals surface area (Å²) in [5.74, 6) is -0.427. The smallest absolute Gasteiger partial charge is 0.258 e. The minimum Gasteiger partial charge on any atom is -0.305 e. The topological polar surface area (TPSA) is 20.3 Å². The van der Waals surface area contributed by atoms with Crippen molar-refractivity contribution < 1.29 is 9.18 Å². The molecule has 0 unspecified atom stereocenters. The molecular weight excluding hydrogens is 265 g/mol. The fraction of sp³-hybridized carbons (Fsp3) is 0.278. The quantitative estimate of drug-likeness (QED) is 0.773. The Balaban J connectivity index is 2.04. The molecule has 1 heterocycles. The number of halogens is 1. The maximum Gasteiger partial charge on any atom is 0.258 e. The van der Waals surface area contributed by atoms with Gasteiger partial charge in [0.15, 0.2) is 0 Å². The van der Waals surface area contributed by atoms with Crippen molar-refractivity contribution in [1.82, 2.24) is 0 Å². The highest BCUT2D eigenvalue weighted by Crippen LogP contribution is 2.31. The molecule has 0 aliphatic carbocycles. The Morgan fingerprint density at radius 3 is 2.76 bits per heavy atom. The summed E-state index contributed by atoms with van der Waals surface area (Å²) in [4.78, 5) is 14.4. The van der Waals surface area contributed by atoms with Crippen LogP contribution >= 0.6 is 0 Å². The number of para-hydroxylation sites is 1. The van der Waals surface area contributed by atoms with Gasteiger partial charge >= 0.3 is 0 Å². The van der Waals surface area contributed by atoms with Crippen LogP contribution in [0.3, 0.4) is 0 Å². The van der Waals surface area contributed by atoms with Crippen molar-refractivity contribution in [2.24, 2.45) is 0 Å². The lowest BCUT2D eigenvalue weighted by atomic mass is 9.99. The molecule has 21 heavy (non-hydrogen) atoms. The molecule has 1 amide bonds. The van der Waals surface area contributed by atoms with Gasteiger partial charge in [-0.15, -0.1) is 0 Å². The molecule has 1 aliphatic rings. The first-order valence-electron chi connectivity index (χ1n) is 7.24. The van der Waals surface area contributed by atoms with E-state index >= 15 is 0 Å². The number of fused-ring (bicyclic) bond motifs is 1. The summed E-state index contributed by atoms with van der Waals surface area (Å²) in [5.41, 5.74) is 4.07. The van der Waals surface area contributed by atoms with E-state index in [2.05, 4.69) is 0 Å². The molecule has 3 heteroatoms. The molecule has 0 aromatic heterocycles. The third kappa shape index (κ3) is 2.44. The zero-order valence-electron chi connectivity index (χ0n) is 12.3. The average molecular weight is 283 g/mol. The van der Waals surface area contributed by atoms with Crippen LogP contribution in [0.15, 0.2) is 36.4 Å². The summed E-state index contributed by atoms with van der Waals surface area (Å²) in [7, 11) is 0. The van der Waals surface area contributed by atoms with Crippen molar-refractivity contribution >= 4 is 11.6 Å². The van der Waals surface area contributed by atoms with Crippen molar-refractivity contribution in [1.29, 1.82) is 0 Å². The van der Waals surface area contributed by atoms with E-state index in [0.717, 1.165) is 29.5 Å². The number of nitrogens with zero attached hydrogens (tertiary/aromatic N) is 1. The third-order valence-electron chi connectivity index (χ3n) is 4.03. The predicted octanol–water partition coefficient (Wildman–Crippen LogP) is 4.04. The van der Waals surface area contributed by atoms with Gasteiger partial charge in [0, 0.05) is 12.1 Å². The number of carbonyl (C=O) groups excluding carboxylic acids is 1. The number of anilines is 1. The predicted molar refractivity (Wildman–Crippen MR) is 82.3 cm³/mol. The highest BCUT2D eigenvalue weighted by atomic mass is 19.1.